The van der Waals surface area contributed by atoms with E-state index in [9.17, 15) is 0 Å². The maximum absolute atomic E-state index is 5.56. The lowest BCUT2D eigenvalue weighted by atomic mass is 10.1. The van der Waals surface area contributed by atoms with Gasteiger partial charge in [0.15, 0.2) is 0 Å². The number of para-hydroxylation sites is 1. The molecule has 0 unspecified atom stereocenters. The second-order valence-corrected chi connectivity index (χ2v) is 5.64. The number of nitrogens with zero attached hydrogens (tertiary/aromatic N) is 2. The molecule has 3 nitrogen and oxygen atoms in total. The summed E-state index contributed by atoms with van der Waals surface area (Å²) < 4.78 is 2.11. The normalized spacial score (nSPS) is 11.8. The Morgan fingerprint density at radius 2 is 1.55 bits per heavy atom. The Bertz CT molecular complexity index is 770. The Hall–Kier alpha value is -2.33. The Kier molecular flexibility index (Phi) is 3.39. The molecule has 0 atom stereocenters. The van der Waals surface area contributed by atoms with Crippen molar-refractivity contribution in [1.82, 2.24) is 4.57 Å². The third-order valence-electron chi connectivity index (χ3n) is 3.16. The van der Waals surface area contributed by atoms with E-state index >= 15 is 0 Å². The minimum atomic E-state index is 0.799. The molecule has 0 amide bonds. The average Bonchev–Trinajstić information content (AvgIpc) is 2.85. The van der Waals surface area contributed by atoms with Gasteiger partial charge < -0.3 is 5.84 Å². The molecule has 0 saturated carbocycles. The standard InChI is InChI=1S/C16H15N3S/c1-12-15(13-8-4-2-5-9-13)19(16(18-17)20-12)14-10-6-3-7-11-14/h2-11H,17H2,1H3/b18-16-. The van der Waals surface area contributed by atoms with Gasteiger partial charge in [-0.3, -0.25) is 4.57 Å². The summed E-state index contributed by atoms with van der Waals surface area (Å²) in [4.78, 5) is 2.00. The number of nitrogens with two attached hydrogens (primary N) is 1. The third-order valence-corrected chi connectivity index (χ3v) is 4.13. The highest BCUT2D eigenvalue weighted by molar-refractivity contribution is 7.09. The second kappa shape index (κ2) is 5.35. The molecular weight excluding hydrogens is 266 g/mol. The fraction of sp³-hybridized carbons (Fsp3) is 0.0625. The molecule has 0 radical (unpaired) electrons. The van der Waals surface area contributed by atoms with Crippen molar-refractivity contribution in [1.29, 1.82) is 0 Å². The van der Waals surface area contributed by atoms with Crippen LogP contribution in [0.15, 0.2) is 65.8 Å². The van der Waals surface area contributed by atoms with Gasteiger partial charge in [0, 0.05) is 10.6 Å². The molecule has 20 heavy (non-hydrogen) atoms. The summed E-state index contributed by atoms with van der Waals surface area (Å²) in [6.07, 6.45) is 0. The maximum Gasteiger partial charge on any atom is 0.212 e. The predicted octanol–water partition coefficient (Wildman–Crippen LogP) is 3.29. The zero-order chi connectivity index (χ0) is 13.9. The molecule has 0 aliphatic carbocycles. The fourth-order valence-corrected chi connectivity index (χ4v) is 3.23. The van der Waals surface area contributed by atoms with Gasteiger partial charge in [-0.05, 0) is 24.6 Å². The summed E-state index contributed by atoms with van der Waals surface area (Å²) in [5.41, 5.74) is 3.38. The van der Waals surface area contributed by atoms with Gasteiger partial charge in [0.2, 0.25) is 4.80 Å². The topological polar surface area (TPSA) is 43.3 Å². The lowest BCUT2D eigenvalue weighted by Crippen LogP contribution is -2.15. The van der Waals surface area contributed by atoms with Crippen LogP contribution in [-0.4, -0.2) is 4.57 Å². The minimum Gasteiger partial charge on any atom is -0.320 e. The number of aromatic nitrogens is 1. The molecule has 2 N–H and O–H groups in total. The second-order valence-electron chi connectivity index (χ2n) is 4.46. The summed E-state index contributed by atoms with van der Waals surface area (Å²) in [7, 11) is 0. The molecule has 1 aromatic heterocycles. The smallest absolute Gasteiger partial charge is 0.212 e. The number of hydrogen-bond acceptors (Lipinski definition) is 3. The zero-order valence-electron chi connectivity index (χ0n) is 11.2. The summed E-state index contributed by atoms with van der Waals surface area (Å²) in [5.74, 6) is 5.56. The molecule has 1 heterocycles. The Morgan fingerprint density at radius 1 is 0.950 bits per heavy atom. The van der Waals surface area contributed by atoms with E-state index in [1.165, 1.54) is 10.4 Å². The molecule has 0 saturated heterocycles. The first kappa shape index (κ1) is 12.7. The first-order valence-corrected chi connectivity index (χ1v) is 7.20. The predicted molar refractivity (Wildman–Crippen MR) is 83.6 cm³/mol. The molecule has 3 rings (SSSR count). The zero-order valence-corrected chi connectivity index (χ0v) is 12.0. The Balaban J connectivity index is 2.34. The molecule has 0 fully saturated rings. The summed E-state index contributed by atoms with van der Waals surface area (Å²) in [6, 6.07) is 20.5. The van der Waals surface area contributed by atoms with E-state index in [0.29, 0.717) is 0 Å². The average molecular weight is 281 g/mol. The highest BCUT2D eigenvalue weighted by atomic mass is 32.1. The summed E-state index contributed by atoms with van der Waals surface area (Å²) in [6.45, 7) is 2.10. The number of thiazole rings is 1. The van der Waals surface area contributed by atoms with E-state index < -0.39 is 0 Å². The van der Waals surface area contributed by atoms with Crippen molar-refractivity contribution < 1.29 is 0 Å². The first-order valence-electron chi connectivity index (χ1n) is 6.38. The first-order chi connectivity index (χ1) is 9.81. The van der Waals surface area contributed by atoms with Gasteiger partial charge in [-0.1, -0.05) is 59.9 Å². The highest BCUT2D eigenvalue weighted by Gasteiger charge is 2.13. The molecule has 4 heteroatoms. The van der Waals surface area contributed by atoms with Crippen molar-refractivity contribution in [2.45, 2.75) is 6.92 Å². The lowest BCUT2D eigenvalue weighted by molar-refractivity contribution is 0.968. The number of benzene rings is 2. The summed E-state index contributed by atoms with van der Waals surface area (Å²) >= 11 is 1.60. The largest absolute Gasteiger partial charge is 0.320 e. The van der Waals surface area contributed by atoms with Crippen molar-refractivity contribution in [2.24, 2.45) is 10.9 Å². The van der Waals surface area contributed by atoms with Gasteiger partial charge in [-0.25, -0.2) is 0 Å². The van der Waals surface area contributed by atoms with Gasteiger partial charge in [0.1, 0.15) is 0 Å². The molecule has 0 spiro atoms. The van der Waals surface area contributed by atoms with Gasteiger partial charge in [0.05, 0.1) is 5.69 Å². The molecule has 0 aliphatic rings. The van der Waals surface area contributed by atoms with Crippen LogP contribution in [0, 0.1) is 6.92 Å². The van der Waals surface area contributed by atoms with E-state index in [4.69, 9.17) is 5.84 Å². The maximum atomic E-state index is 5.56. The van der Waals surface area contributed by atoms with E-state index in [2.05, 4.69) is 40.9 Å². The third kappa shape index (κ3) is 2.14. The number of rotatable bonds is 2. The van der Waals surface area contributed by atoms with Crippen molar-refractivity contribution in [3.8, 4) is 16.9 Å². The Labute approximate surface area is 121 Å². The van der Waals surface area contributed by atoms with Crippen molar-refractivity contribution in [3.05, 3.63) is 70.3 Å². The van der Waals surface area contributed by atoms with Crippen molar-refractivity contribution >= 4 is 11.3 Å². The highest BCUT2D eigenvalue weighted by Crippen LogP contribution is 2.27. The van der Waals surface area contributed by atoms with Crippen molar-refractivity contribution in [2.75, 3.05) is 0 Å². The van der Waals surface area contributed by atoms with Crippen LogP contribution in [0.2, 0.25) is 0 Å². The van der Waals surface area contributed by atoms with E-state index in [-0.39, 0.29) is 0 Å². The van der Waals surface area contributed by atoms with Gasteiger partial charge in [-0.2, -0.15) is 5.10 Å². The van der Waals surface area contributed by atoms with Crippen LogP contribution in [0.1, 0.15) is 4.88 Å². The van der Waals surface area contributed by atoms with Crippen LogP contribution < -0.4 is 10.6 Å². The van der Waals surface area contributed by atoms with E-state index in [0.717, 1.165) is 16.2 Å². The molecular formula is C16H15N3S. The van der Waals surface area contributed by atoms with Gasteiger partial charge in [-0.15, -0.1) is 0 Å². The van der Waals surface area contributed by atoms with Crippen LogP contribution >= 0.6 is 11.3 Å². The number of aryl methyl sites for hydroxylation is 1. The van der Waals surface area contributed by atoms with E-state index in [1.807, 2.05) is 36.4 Å². The van der Waals surface area contributed by atoms with Gasteiger partial charge >= 0.3 is 0 Å². The molecule has 2 aromatic carbocycles. The van der Waals surface area contributed by atoms with Crippen LogP contribution in [0.5, 0.6) is 0 Å². The summed E-state index contributed by atoms with van der Waals surface area (Å²) in [5, 5.41) is 3.94. The molecule has 3 aromatic rings. The molecule has 0 bridgehead atoms. The van der Waals surface area contributed by atoms with Crippen LogP contribution in [0.4, 0.5) is 0 Å². The molecule has 100 valence electrons. The number of hydrogen-bond donors (Lipinski definition) is 1. The van der Waals surface area contributed by atoms with Crippen molar-refractivity contribution in [3.63, 3.8) is 0 Å². The SMILES string of the molecule is Cc1s/c(=N\N)n(-c2ccccc2)c1-c1ccccc1. The van der Waals surface area contributed by atoms with Crippen LogP contribution in [-0.2, 0) is 0 Å². The van der Waals surface area contributed by atoms with Gasteiger partial charge in [0.25, 0.3) is 0 Å². The Morgan fingerprint density at radius 3 is 2.15 bits per heavy atom. The lowest BCUT2D eigenvalue weighted by Gasteiger charge is -2.09. The fourth-order valence-electron chi connectivity index (χ4n) is 2.31. The monoisotopic (exact) mass is 281 g/mol. The van der Waals surface area contributed by atoms with Crippen LogP contribution in [0.3, 0.4) is 0 Å². The van der Waals surface area contributed by atoms with Crippen LogP contribution in [0.25, 0.3) is 16.9 Å². The quantitative estimate of drug-likeness (QED) is 0.568. The van der Waals surface area contributed by atoms with E-state index in [1.54, 1.807) is 11.3 Å². The molecule has 0 aliphatic heterocycles. The minimum absolute atomic E-state index is 0.799.